The van der Waals surface area contributed by atoms with E-state index in [9.17, 15) is 0 Å². The first kappa shape index (κ1) is 24.7. The van der Waals surface area contributed by atoms with Gasteiger partial charge in [-0.05, 0) is 75.5 Å². The number of halogens is 1. The van der Waals surface area contributed by atoms with E-state index in [-0.39, 0.29) is 17.1 Å². The number of nitrogens with one attached hydrogen (secondary N) is 1. The number of likely N-dealkylation sites (tertiary alicyclic amines) is 1. The van der Waals surface area contributed by atoms with Crippen LogP contribution in [0.4, 0.5) is 10.2 Å². The molecule has 7 rings (SSSR count). The number of piperazine rings is 1. The zero-order chi connectivity index (χ0) is 26.7. The molecule has 2 aromatic carbocycles. The van der Waals surface area contributed by atoms with Crippen LogP contribution in [0.25, 0.3) is 32.9 Å². The molecular weight excluding hydrogens is 491 g/mol. The van der Waals surface area contributed by atoms with Crippen molar-refractivity contribution in [1.82, 2.24) is 25.2 Å². The van der Waals surface area contributed by atoms with Crippen LogP contribution in [-0.2, 0) is 0 Å². The third-order valence-corrected chi connectivity index (χ3v) is 8.86. The molecule has 1 N–H and O–H groups in total. The highest BCUT2D eigenvalue weighted by atomic mass is 19.1. The first-order valence-corrected chi connectivity index (χ1v) is 14.1. The third kappa shape index (κ3) is 4.39. The Morgan fingerprint density at radius 3 is 2.85 bits per heavy atom. The van der Waals surface area contributed by atoms with Crippen molar-refractivity contribution in [3.63, 3.8) is 0 Å². The molecule has 0 saturated carbocycles. The van der Waals surface area contributed by atoms with E-state index in [1.54, 1.807) is 6.20 Å². The molecule has 0 radical (unpaired) electrons. The van der Waals surface area contributed by atoms with Gasteiger partial charge in [-0.25, -0.2) is 4.39 Å². The Kier molecular flexibility index (Phi) is 5.93. The van der Waals surface area contributed by atoms with Gasteiger partial charge in [0.15, 0.2) is 5.82 Å². The van der Waals surface area contributed by atoms with Crippen LogP contribution in [0.2, 0.25) is 0 Å². The SMILES string of the molecule is Cc1cc(-c2ncc3c(N4CC5CCC(C)(C4)N5)nc(OC[C@@H]4CCCN4C)nc3c2F)c2ccccc2c1. The normalized spacial score (nSPS) is 25.2. The Labute approximate surface area is 228 Å². The minimum atomic E-state index is -0.431. The Bertz CT molecular complexity index is 1580. The van der Waals surface area contributed by atoms with Crippen molar-refractivity contribution in [3.8, 4) is 17.3 Å². The maximum absolute atomic E-state index is 16.5. The smallest absolute Gasteiger partial charge is 0.319 e. The van der Waals surface area contributed by atoms with Gasteiger partial charge in [0.25, 0.3) is 0 Å². The minimum Gasteiger partial charge on any atom is -0.462 e. The first-order valence-electron chi connectivity index (χ1n) is 14.1. The summed E-state index contributed by atoms with van der Waals surface area (Å²) >= 11 is 0. The molecule has 0 amide bonds. The molecule has 0 aliphatic carbocycles. The van der Waals surface area contributed by atoms with Gasteiger partial charge >= 0.3 is 6.01 Å². The minimum absolute atomic E-state index is 0.0141. The van der Waals surface area contributed by atoms with Crippen LogP contribution in [0.5, 0.6) is 6.01 Å². The van der Waals surface area contributed by atoms with E-state index < -0.39 is 5.82 Å². The molecule has 39 heavy (non-hydrogen) atoms. The number of benzene rings is 2. The molecule has 3 aliphatic heterocycles. The van der Waals surface area contributed by atoms with Crippen LogP contribution < -0.4 is 15.0 Å². The molecule has 0 spiro atoms. The lowest BCUT2D eigenvalue weighted by molar-refractivity contribution is 0.188. The summed E-state index contributed by atoms with van der Waals surface area (Å²) in [5.41, 5.74) is 2.41. The van der Waals surface area contributed by atoms with Crippen molar-refractivity contribution >= 4 is 27.5 Å². The molecule has 3 atom stereocenters. The highest BCUT2D eigenvalue weighted by molar-refractivity contribution is 5.99. The van der Waals surface area contributed by atoms with Crippen molar-refractivity contribution in [3.05, 3.63) is 54.0 Å². The van der Waals surface area contributed by atoms with Gasteiger partial charge in [-0.2, -0.15) is 9.97 Å². The molecule has 2 unspecified atom stereocenters. The number of anilines is 1. The molecule has 3 fully saturated rings. The standard InChI is InChI=1S/C31H35FN6O/c1-19-13-20-7-4-5-9-23(20)24(14-19)27-26(32)28-25(15-33-27)29(38-16-21-10-11-31(2,18-38)36-21)35-30(34-28)39-17-22-8-6-12-37(22)3/h4-5,7,9,13-15,21-22,36H,6,8,10-12,16-18H2,1-3H3/t21?,22-,31?/m0/s1. The molecule has 202 valence electrons. The summed E-state index contributed by atoms with van der Waals surface area (Å²) in [7, 11) is 2.12. The van der Waals surface area contributed by atoms with Crippen molar-refractivity contribution < 1.29 is 9.13 Å². The van der Waals surface area contributed by atoms with Gasteiger partial charge < -0.3 is 19.9 Å². The lowest BCUT2D eigenvalue weighted by Crippen LogP contribution is -2.58. The van der Waals surface area contributed by atoms with Crippen LogP contribution in [0, 0.1) is 12.7 Å². The van der Waals surface area contributed by atoms with Gasteiger partial charge in [-0.1, -0.05) is 30.3 Å². The second-order valence-electron chi connectivity index (χ2n) is 12.0. The van der Waals surface area contributed by atoms with Crippen LogP contribution in [0.3, 0.4) is 0 Å². The molecular formula is C31H35FN6O. The monoisotopic (exact) mass is 526 g/mol. The summed E-state index contributed by atoms with van der Waals surface area (Å²) in [5.74, 6) is 0.278. The predicted molar refractivity (Wildman–Crippen MR) is 153 cm³/mol. The van der Waals surface area contributed by atoms with Crippen LogP contribution in [-0.4, -0.2) is 70.8 Å². The predicted octanol–water partition coefficient (Wildman–Crippen LogP) is 5.10. The fourth-order valence-electron chi connectivity index (χ4n) is 6.84. The van der Waals surface area contributed by atoms with E-state index in [2.05, 4.69) is 46.2 Å². The summed E-state index contributed by atoms with van der Waals surface area (Å²) in [6.07, 6.45) is 6.23. The molecule has 2 bridgehead atoms. The number of hydrogen-bond donors (Lipinski definition) is 1. The van der Waals surface area contributed by atoms with Gasteiger partial charge in [-0.15, -0.1) is 0 Å². The number of aromatic nitrogens is 3. The van der Waals surface area contributed by atoms with E-state index in [0.29, 0.717) is 35.6 Å². The molecule has 7 nitrogen and oxygen atoms in total. The summed E-state index contributed by atoms with van der Waals surface area (Å²) in [6.45, 7) is 7.46. The maximum Gasteiger partial charge on any atom is 0.319 e. The lowest BCUT2D eigenvalue weighted by atomic mass is 9.98. The fraction of sp³-hybridized carbons (Fsp3) is 0.452. The fourth-order valence-corrected chi connectivity index (χ4v) is 6.84. The third-order valence-electron chi connectivity index (χ3n) is 8.86. The van der Waals surface area contributed by atoms with E-state index in [4.69, 9.17) is 14.7 Å². The molecule has 3 aliphatic rings. The number of pyridine rings is 1. The first-order chi connectivity index (χ1) is 18.9. The van der Waals surface area contributed by atoms with Crippen molar-refractivity contribution in [2.24, 2.45) is 0 Å². The second kappa shape index (κ2) is 9.38. The van der Waals surface area contributed by atoms with Gasteiger partial charge in [0.1, 0.15) is 23.6 Å². The zero-order valence-corrected chi connectivity index (χ0v) is 22.9. The second-order valence-corrected chi connectivity index (χ2v) is 12.0. The number of hydrogen-bond acceptors (Lipinski definition) is 7. The summed E-state index contributed by atoms with van der Waals surface area (Å²) in [6, 6.07) is 13.1. The van der Waals surface area contributed by atoms with E-state index >= 15 is 4.39 Å². The van der Waals surface area contributed by atoms with E-state index in [1.807, 2.05) is 31.2 Å². The average molecular weight is 527 g/mol. The molecule has 3 saturated heterocycles. The largest absolute Gasteiger partial charge is 0.462 e. The average Bonchev–Trinajstić information content (AvgIpc) is 3.46. The Morgan fingerprint density at radius 2 is 2.03 bits per heavy atom. The van der Waals surface area contributed by atoms with Crippen molar-refractivity contribution in [1.29, 1.82) is 0 Å². The lowest BCUT2D eigenvalue weighted by Gasteiger charge is -2.40. The Balaban J connectivity index is 1.36. The topological polar surface area (TPSA) is 66.4 Å². The number of fused-ring (bicyclic) bond motifs is 4. The highest BCUT2D eigenvalue weighted by Gasteiger charge is 2.42. The van der Waals surface area contributed by atoms with Crippen LogP contribution in [0.15, 0.2) is 42.6 Å². The summed E-state index contributed by atoms with van der Waals surface area (Å²) in [5, 5.41) is 6.41. The van der Waals surface area contributed by atoms with E-state index in [0.717, 1.165) is 67.2 Å². The highest BCUT2D eigenvalue weighted by Crippen LogP contribution is 2.38. The van der Waals surface area contributed by atoms with Crippen molar-refractivity contribution in [2.75, 3.05) is 38.2 Å². The van der Waals surface area contributed by atoms with Gasteiger partial charge in [0.05, 0.1) is 5.39 Å². The summed E-state index contributed by atoms with van der Waals surface area (Å²) in [4.78, 5) is 18.8. The van der Waals surface area contributed by atoms with Crippen molar-refractivity contribution in [2.45, 2.75) is 57.2 Å². The molecule has 8 heteroatoms. The number of ether oxygens (including phenoxy) is 1. The number of rotatable bonds is 5. The molecule has 2 aromatic heterocycles. The zero-order valence-electron chi connectivity index (χ0n) is 22.9. The number of nitrogens with zero attached hydrogens (tertiary/aromatic N) is 5. The Hall–Kier alpha value is -3.36. The van der Waals surface area contributed by atoms with Crippen LogP contribution >= 0.6 is 0 Å². The number of likely N-dealkylation sites (N-methyl/N-ethyl adjacent to an activating group) is 1. The number of aryl methyl sites for hydroxylation is 1. The maximum atomic E-state index is 16.5. The van der Waals surface area contributed by atoms with Crippen LogP contribution in [0.1, 0.15) is 38.2 Å². The molecule has 5 heterocycles. The van der Waals surface area contributed by atoms with Gasteiger partial charge in [0, 0.05) is 42.5 Å². The van der Waals surface area contributed by atoms with E-state index in [1.165, 1.54) is 0 Å². The van der Waals surface area contributed by atoms with Gasteiger partial charge in [0.2, 0.25) is 0 Å². The Morgan fingerprint density at radius 1 is 1.15 bits per heavy atom. The summed E-state index contributed by atoms with van der Waals surface area (Å²) < 4.78 is 22.7. The molecule has 4 aromatic rings. The quantitative estimate of drug-likeness (QED) is 0.388. The van der Waals surface area contributed by atoms with Gasteiger partial charge in [-0.3, -0.25) is 4.98 Å².